The fraction of sp³-hybridized carbons (Fsp3) is 0. The van der Waals surface area contributed by atoms with Crippen molar-refractivity contribution in [1.82, 2.24) is 0 Å². The average molecular weight is 186 g/mol. The Balaban J connectivity index is 3.27. The highest BCUT2D eigenvalue weighted by atomic mass is 32.1. The van der Waals surface area contributed by atoms with Crippen LogP contribution in [0.5, 0.6) is 0 Å². The Morgan fingerprint density at radius 3 is 2.08 bits per heavy atom. The lowest BCUT2D eigenvalue weighted by Crippen LogP contribution is -2.42. The number of terminal acetylenes is 3. The maximum atomic E-state index is 5.35. The predicted molar refractivity (Wildman–Crippen MR) is 56.2 cm³/mol. The molecule has 0 fully saturated rings. The quantitative estimate of drug-likeness (QED) is 0.452. The normalized spacial score (nSPS) is 9.42. The molecule has 0 saturated heterocycles. The van der Waals surface area contributed by atoms with E-state index in [2.05, 4.69) is 16.6 Å². The first kappa shape index (κ1) is 8.69. The maximum absolute atomic E-state index is 5.35. The highest BCUT2D eigenvalue weighted by molar-refractivity contribution is 7.31. The van der Waals surface area contributed by atoms with Gasteiger partial charge in [0.25, 0.3) is 0 Å². The lowest BCUT2D eigenvalue weighted by atomic mass is 10.7. The molecule has 0 bridgehead atoms. The molecule has 0 N–H and O–H groups in total. The SMILES string of the molecule is C#C[Si](C#C)(C#C)c1cccs1. The van der Waals surface area contributed by atoms with Gasteiger partial charge in [0.05, 0.1) is 0 Å². The van der Waals surface area contributed by atoms with Gasteiger partial charge in [-0.1, -0.05) is 22.7 Å². The van der Waals surface area contributed by atoms with E-state index < -0.39 is 8.07 Å². The molecule has 0 atom stereocenters. The van der Waals surface area contributed by atoms with E-state index in [0.717, 1.165) is 4.50 Å². The zero-order valence-electron chi connectivity index (χ0n) is 6.37. The standard InChI is InChI=1S/C10H6SSi/c1-4-12(5-2,6-3)10-8-7-9-11-10/h1-3,7-9H. The minimum Gasteiger partial charge on any atom is -0.150 e. The van der Waals surface area contributed by atoms with Crippen LogP contribution in [0, 0.1) is 35.9 Å². The molecule has 0 spiro atoms. The van der Waals surface area contributed by atoms with Crippen molar-refractivity contribution in [3.05, 3.63) is 17.5 Å². The molecule has 0 radical (unpaired) electrons. The van der Waals surface area contributed by atoms with Crippen molar-refractivity contribution >= 4 is 23.9 Å². The monoisotopic (exact) mass is 186 g/mol. The van der Waals surface area contributed by atoms with E-state index in [9.17, 15) is 0 Å². The molecule has 0 aromatic carbocycles. The summed E-state index contributed by atoms with van der Waals surface area (Å²) in [5.74, 6) is 0. The summed E-state index contributed by atoms with van der Waals surface area (Å²) in [6, 6.07) is 3.82. The van der Waals surface area contributed by atoms with Crippen LogP contribution < -0.4 is 4.50 Å². The van der Waals surface area contributed by atoms with Crippen molar-refractivity contribution in [3.63, 3.8) is 0 Å². The zero-order chi connectivity index (χ0) is 9.03. The summed E-state index contributed by atoms with van der Waals surface area (Å²) < 4.78 is 0.995. The summed E-state index contributed by atoms with van der Waals surface area (Å²) in [6.07, 6.45) is 16.1. The fourth-order valence-electron chi connectivity index (χ4n) is 0.830. The van der Waals surface area contributed by atoms with E-state index in [1.807, 2.05) is 17.5 Å². The first-order valence-electron chi connectivity index (χ1n) is 3.26. The van der Waals surface area contributed by atoms with Gasteiger partial charge in [-0.2, -0.15) is 11.3 Å². The molecule has 1 aromatic heterocycles. The molecule has 0 aliphatic rings. The molecule has 0 nitrogen and oxygen atoms in total. The van der Waals surface area contributed by atoms with E-state index >= 15 is 0 Å². The Bertz CT molecular complexity index is 345. The number of hydrogen-bond acceptors (Lipinski definition) is 1. The zero-order valence-corrected chi connectivity index (χ0v) is 8.19. The molecule has 56 valence electrons. The minimum absolute atomic E-state index is 0.995. The molecule has 0 aliphatic carbocycles. The highest BCUT2D eigenvalue weighted by Gasteiger charge is 2.30. The molecule has 1 rings (SSSR count). The molecule has 0 saturated carbocycles. The smallest absolute Gasteiger partial charge is 0.150 e. The van der Waals surface area contributed by atoms with E-state index in [-0.39, 0.29) is 0 Å². The number of rotatable bonds is 1. The third kappa shape index (κ3) is 1.17. The van der Waals surface area contributed by atoms with Gasteiger partial charge in [0.15, 0.2) is 0 Å². The van der Waals surface area contributed by atoms with Crippen LogP contribution in [0.4, 0.5) is 0 Å². The second-order valence-corrected chi connectivity index (χ2v) is 6.38. The molecule has 1 aromatic rings. The van der Waals surface area contributed by atoms with Gasteiger partial charge in [0.2, 0.25) is 0 Å². The number of thiophene rings is 1. The van der Waals surface area contributed by atoms with Crippen LogP contribution in [-0.2, 0) is 0 Å². The van der Waals surface area contributed by atoms with E-state index in [1.165, 1.54) is 11.3 Å². The van der Waals surface area contributed by atoms with Crippen molar-refractivity contribution in [3.8, 4) is 35.9 Å². The number of hydrogen-bond donors (Lipinski definition) is 0. The summed E-state index contributed by atoms with van der Waals surface area (Å²) >= 11 is 1.54. The van der Waals surface area contributed by atoms with E-state index in [0.29, 0.717) is 0 Å². The third-order valence-electron chi connectivity index (χ3n) is 1.54. The van der Waals surface area contributed by atoms with E-state index in [1.54, 1.807) is 0 Å². The Hall–Kier alpha value is -1.40. The van der Waals surface area contributed by atoms with Gasteiger partial charge in [-0.05, 0) is 11.4 Å². The van der Waals surface area contributed by atoms with Gasteiger partial charge in [0.1, 0.15) is 0 Å². The molecule has 0 unspecified atom stereocenters. The van der Waals surface area contributed by atoms with Crippen molar-refractivity contribution in [2.75, 3.05) is 0 Å². The van der Waals surface area contributed by atoms with Crippen LogP contribution in [0.1, 0.15) is 0 Å². The first-order chi connectivity index (χ1) is 5.79. The van der Waals surface area contributed by atoms with Crippen molar-refractivity contribution in [2.24, 2.45) is 0 Å². The summed E-state index contributed by atoms with van der Waals surface area (Å²) in [6.45, 7) is 0. The van der Waals surface area contributed by atoms with Crippen LogP contribution in [0.25, 0.3) is 0 Å². The Kier molecular flexibility index (Phi) is 2.41. The molecular formula is C10H6SSi. The second-order valence-electron chi connectivity index (χ2n) is 2.16. The predicted octanol–water partition coefficient (Wildman–Crippen LogP) is 0.921. The molecule has 12 heavy (non-hydrogen) atoms. The fourth-order valence-corrected chi connectivity index (χ4v) is 3.76. The summed E-state index contributed by atoms with van der Waals surface area (Å²) in [4.78, 5) is 0. The van der Waals surface area contributed by atoms with Crippen molar-refractivity contribution in [1.29, 1.82) is 0 Å². The summed E-state index contributed by atoms with van der Waals surface area (Å²) in [5.41, 5.74) is 7.78. The van der Waals surface area contributed by atoms with Crippen LogP contribution >= 0.6 is 11.3 Å². The Labute approximate surface area is 77.6 Å². The lowest BCUT2D eigenvalue weighted by Gasteiger charge is -2.07. The van der Waals surface area contributed by atoms with Gasteiger partial charge >= 0.3 is 8.07 Å². The second kappa shape index (κ2) is 3.33. The molecule has 0 amide bonds. The topological polar surface area (TPSA) is 0 Å². The molecule has 1 heterocycles. The lowest BCUT2D eigenvalue weighted by molar-refractivity contribution is 2.05. The largest absolute Gasteiger partial charge is 0.330 e. The van der Waals surface area contributed by atoms with E-state index in [4.69, 9.17) is 19.3 Å². The van der Waals surface area contributed by atoms with Crippen LogP contribution in [0.2, 0.25) is 0 Å². The molecule has 2 heteroatoms. The van der Waals surface area contributed by atoms with Gasteiger partial charge in [-0.15, -0.1) is 19.3 Å². The molecule has 0 aliphatic heterocycles. The van der Waals surface area contributed by atoms with Crippen molar-refractivity contribution in [2.45, 2.75) is 0 Å². The maximum Gasteiger partial charge on any atom is 0.330 e. The Morgan fingerprint density at radius 1 is 1.17 bits per heavy atom. The summed E-state index contributed by atoms with van der Waals surface area (Å²) in [7, 11) is -2.44. The van der Waals surface area contributed by atoms with Gasteiger partial charge < -0.3 is 0 Å². The van der Waals surface area contributed by atoms with Gasteiger partial charge in [0, 0.05) is 4.50 Å². The molecular weight excluding hydrogens is 180 g/mol. The van der Waals surface area contributed by atoms with Crippen LogP contribution in [-0.4, -0.2) is 8.07 Å². The van der Waals surface area contributed by atoms with Gasteiger partial charge in [-0.25, -0.2) is 0 Å². The van der Waals surface area contributed by atoms with Gasteiger partial charge in [-0.3, -0.25) is 0 Å². The average Bonchev–Trinajstić information content (AvgIpc) is 2.62. The minimum atomic E-state index is -2.44. The first-order valence-corrected chi connectivity index (χ1v) is 6.14. The summed E-state index contributed by atoms with van der Waals surface area (Å²) in [5, 5.41) is 1.93. The third-order valence-corrected chi connectivity index (χ3v) is 5.70. The van der Waals surface area contributed by atoms with Crippen molar-refractivity contribution < 1.29 is 0 Å². The van der Waals surface area contributed by atoms with Crippen LogP contribution in [0.15, 0.2) is 17.5 Å². The Morgan fingerprint density at radius 2 is 1.75 bits per heavy atom. The highest BCUT2D eigenvalue weighted by Crippen LogP contribution is 2.04. The van der Waals surface area contributed by atoms with Crippen LogP contribution in [0.3, 0.4) is 0 Å².